The van der Waals surface area contributed by atoms with Gasteiger partial charge in [0.15, 0.2) is 0 Å². The molecule has 0 unspecified atom stereocenters. The molecule has 0 atom stereocenters. The molecule has 0 amide bonds. The zero-order valence-corrected chi connectivity index (χ0v) is 9.81. The van der Waals surface area contributed by atoms with Gasteiger partial charge in [-0.25, -0.2) is 4.98 Å². The SMILES string of the molecule is Cc1cccc2c1N(Cc1c[nH]cn1)CCO2. The van der Waals surface area contributed by atoms with Crippen LogP contribution in [0.2, 0.25) is 0 Å². The largest absolute Gasteiger partial charge is 0.490 e. The highest BCUT2D eigenvalue weighted by molar-refractivity contribution is 5.64. The Kier molecular flexibility index (Phi) is 2.48. The average molecular weight is 229 g/mol. The Morgan fingerprint density at radius 3 is 3.24 bits per heavy atom. The summed E-state index contributed by atoms with van der Waals surface area (Å²) in [4.78, 5) is 9.59. The summed E-state index contributed by atoms with van der Waals surface area (Å²) in [6, 6.07) is 6.18. The van der Waals surface area contributed by atoms with Gasteiger partial charge in [-0.2, -0.15) is 0 Å². The Morgan fingerprint density at radius 1 is 1.47 bits per heavy atom. The summed E-state index contributed by atoms with van der Waals surface area (Å²) in [5.74, 6) is 0.979. The van der Waals surface area contributed by atoms with Crippen molar-refractivity contribution in [3.05, 3.63) is 42.0 Å². The first-order valence-electron chi connectivity index (χ1n) is 5.79. The van der Waals surface area contributed by atoms with E-state index >= 15 is 0 Å². The third kappa shape index (κ3) is 1.86. The zero-order valence-electron chi connectivity index (χ0n) is 9.81. The van der Waals surface area contributed by atoms with Gasteiger partial charge < -0.3 is 14.6 Å². The molecule has 1 aliphatic heterocycles. The minimum Gasteiger partial charge on any atom is -0.490 e. The second kappa shape index (κ2) is 4.13. The van der Waals surface area contributed by atoms with Gasteiger partial charge in [0.05, 0.1) is 30.8 Å². The molecule has 1 aromatic heterocycles. The van der Waals surface area contributed by atoms with Gasteiger partial charge in [0.2, 0.25) is 0 Å². The van der Waals surface area contributed by atoms with Gasteiger partial charge >= 0.3 is 0 Å². The van der Waals surface area contributed by atoms with E-state index in [0.29, 0.717) is 0 Å². The van der Waals surface area contributed by atoms with E-state index in [2.05, 4.69) is 27.9 Å². The van der Waals surface area contributed by atoms with Gasteiger partial charge in [-0.05, 0) is 18.6 Å². The minimum absolute atomic E-state index is 0.737. The van der Waals surface area contributed by atoms with Crippen LogP contribution in [0.1, 0.15) is 11.3 Å². The molecule has 88 valence electrons. The number of anilines is 1. The monoisotopic (exact) mass is 229 g/mol. The molecule has 0 bridgehead atoms. The number of benzene rings is 1. The minimum atomic E-state index is 0.737. The number of nitrogens with zero attached hydrogens (tertiary/aromatic N) is 2. The van der Waals surface area contributed by atoms with Crippen LogP contribution in [-0.2, 0) is 6.54 Å². The van der Waals surface area contributed by atoms with Crippen molar-refractivity contribution >= 4 is 5.69 Å². The van der Waals surface area contributed by atoms with E-state index in [0.717, 1.165) is 31.1 Å². The number of fused-ring (bicyclic) bond motifs is 1. The van der Waals surface area contributed by atoms with Gasteiger partial charge in [-0.1, -0.05) is 12.1 Å². The third-order valence-electron chi connectivity index (χ3n) is 3.04. The lowest BCUT2D eigenvalue weighted by Crippen LogP contribution is -2.32. The first-order valence-corrected chi connectivity index (χ1v) is 5.79. The number of ether oxygens (including phenoxy) is 1. The van der Waals surface area contributed by atoms with Crippen LogP contribution in [0.4, 0.5) is 5.69 Å². The van der Waals surface area contributed by atoms with E-state index in [1.807, 2.05) is 18.3 Å². The maximum Gasteiger partial charge on any atom is 0.142 e. The Morgan fingerprint density at radius 2 is 2.41 bits per heavy atom. The fraction of sp³-hybridized carbons (Fsp3) is 0.308. The molecular formula is C13H15N3O. The number of para-hydroxylation sites is 1. The number of aryl methyl sites for hydroxylation is 1. The maximum absolute atomic E-state index is 5.68. The number of H-pyrrole nitrogens is 1. The zero-order chi connectivity index (χ0) is 11.7. The summed E-state index contributed by atoms with van der Waals surface area (Å²) < 4.78 is 5.68. The van der Waals surface area contributed by atoms with Gasteiger partial charge in [-0.3, -0.25) is 0 Å². The summed E-state index contributed by atoms with van der Waals surface area (Å²) in [5.41, 5.74) is 3.50. The van der Waals surface area contributed by atoms with Crippen molar-refractivity contribution in [3.63, 3.8) is 0 Å². The van der Waals surface area contributed by atoms with Crippen molar-refractivity contribution in [3.8, 4) is 5.75 Å². The van der Waals surface area contributed by atoms with Crippen LogP contribution in [0, 0.1) is 6.92 Å². The topological polar surface area (TPSA) is 41.2 Å². The highest BCUT2D eigenvalue weighted by Crippen LogP contribution is 2.35. The van der Waals surface area contributed by atoms with Crippen LogP contribution in [-0.4, -0.2) is 23.1 Å². The van der Waals surface area contributed by atoms with Crippen molar-refractivity contribution in [1.82, 2.24) is 9.97 Å². The molecule has 17 heavy (non-hydrogen) atoms. The molecule has 0 saturated heterocycles. The van der Waals surface area contributed by atoms with Gasteiger partial charge in [0.25, 0.3) is 0 Å². The highest BCUT2D eigenvalue weighted by Gasteiger charge is 2.20. The van der Waals surface area contributed by atoms with Crippen LogP contribution in [0.5, 0.6) is 5.75 Å². The molecule has 4 heteroatoms. The second-order valence-electron chi connectivity index (χ2n) is 4.25. The number of aromatic amines is 1. The fourth-order valence-corrected chi connectivity index (χ4v) is 2.26. The Labute approximate surface area is 100 Å². The predicted octanol–water partition coefficient (Wildman–Crippen LogP) is 2.12. The van der Waals surface area contributed by atoms with Crippen LogP contribution in [0.25, 0.3) is 0 Å². The van der Waals surface area contributed by atoms with Crippen LogP contribution in [0.15, 0.2) is 30.7 Å². The fourth-order valence-electron chi connectivity index (χ4n) is 2.26. The molecule has 0 fully saturated rings. The molecule has 1 aliphatic rings. The summed E-state index contributed by atoms with van der Waals surface area (Å²) in [5, 5.41) is 0. The van der Waals surface area contributed by atoms with Gasteiger partial charge in [0, 0.05) is 6.20 Å². The molecule has 0 saturated carbocycles. The number of hydrogen-bond donors (Lipinski definition) is 1. The summed E-state index contributed by atoms with van der Waals surface area (Å²) in [6.07, 6.45) is 3.65. The lowest BCUT2D eigenvalue weighted by Gasteiger charge is -2.32. The van der Waals surface area contributed by atoms with Gasteiger partial charge in [-0.15, -0.1) is 0 Å². The normalized spacial score (nSPS) is 14.3. The van der Waals surface area contributed by atoms with E-state index in [9.17, 15) is 0 Å². The van der Waals surface area contributed by atoms with Crippen molar-refractivity contribution in [2.45, 2.75) is 13.5 Å². The maximum atomic E-state index is 5.68. The number of imidazole rings is 1. The second-order valence-corrected chi connectivity index (χ2v) is 4.25. The van der Waals surface area contributed by atoms with E-state index in [-0.39, 0.29) is 0 Å². The Hall–Kier alpha value is -1.97. The number of hydrogen-bond acceptors (Lipinski definition) is 3. The molecule has 0 radical (unpaired) electrons. The molecule has 2 aromatic rings. The lowest BCUT2D eigenvalue weighted by molar-refractivity contribution is 0.306. The van der Waals surface area contributed by atoms with Crippen LogP contribution >= 0.6 is 0 Å². The van der Waals surface area contributed by atoms with Crippen molar-refractivity contribution in [2.75, 3.05) is 18.1 Å². The Balaban J connectivity index is 1.94. The molecule has 4 nitrogen and oxygen atoms in total. The molecule has 0 aliphatic carbocycles. The average Bonchev–Trinajstić information content (AvgIpc) is 2.82. The lowest BCUT2D eigenvalue weighted by atomic mass is 10.1. The van der Waals surface area contributed by atoms with Crippen LogP contribution in [0.3, 0.4) is 0 Å². The first-order chi connectivity index (χ1) is 8.34. The first kappa shape index (κ1) is 10.2. The van der Waals surface area contributed by atoms with E-state index < -0.39 is 0 Å². The molecule has 2 heterocycles. The molecule has 1 N–H and O–H groups in total. The van der Waals surface area contributed by atoms with Crippen molar-refractivity contribution in [1.29, 1.82) is 0 Å². The van der Waals surface area contributed by atoms with Crippen LogP contribution < -0.4 is 9.64 Å². The van der Waals surface area contributed by atoms with Crippen molar-refractivity contribution < 1.29 is 4.74 Å². The van der Waals surface area contributed by atoms with E-state index in [1.165, 1.54) is 11.3 Å². The predicted molar refractivity (Wildman–Crippen MR) is 66.3 cm³/mol. The third-order valence-corrected chi connectivity index (χ3v) is 3.04. The molecule has 0 spiro atoms. The van der Waals surface area contributed by atoms with E-state index in [4.69, 9.17) is 4.74 Å². The molecule has 3 rings (SSSR count). The number of aromatic nitrogens is 2. The summed E-state index contributed by atoms with van der Waals surface area (Å²) in [7, 11) is 0. The standard InChI is InChI=1S/C13H15N3O/c1-10-3-2-4-12-13(10)16(5-6-17-12)8-11-7-14-9-15-11/h2-4,7,9H,5-6,8H2,1H3,(H,14,15). The summed E-state index contributed by atoms with van der Waals surface area (Å²) in [6.45, 7) is 4.58. The molecular weight excluding hydrogens is 214 g/mol. The smallest absolute Gasteiger partial charge is 0.142 e. The summed E-state index contributed by atoms with van der Waals surface area (Å²) >= 11 is 0. The Bertz CT molecular complexity index is 507. The highest BCUT2D eigenvalue weighted by atomic mass is 16.5. The van der Waals surface area contributed by atoms with E-state index in [1.54, 1.807) is 6.33 Å². The number of rotatable bonds is 2. The van der Waals surface area contributed by atoms with Crippen molar-refractivity contribution in [2.24, 2.45) is 0 Å². The van der Waals surface area contributed by atoms with Gasteiger partial charge in [0.1, 0.15) is 12.4 Å². The quantitative estimate of drug-likeness (QED) is 0.857. The number of nitrogens with one attached hydrogen (secondary N) is 1. The molecule has 1 aromatic carbocycles.